The topological polar surface area (TPSA) is 115 Å². The normalized spacial score (nSPS) is 14.1. The van der Waals surface area contributed by atoms with Crippen LogP contribution in [0.15, 0.2) is 50.6 Å². The molecule has 9 heteroatoms. The minimum atomic E-state index is -3.73. The van der Waals surface area contributed by atoms with E-state index < -0.39 is 10.0 Å². The summed E-state index contributed by atoms with van der Waals surface area (Å²) in [6.07, 6.45) is 3.90. The minimum Gasteiger partial charge on any atom is -0.472 e. The summed E-state index contributed by atoms with van der Waals surface area (Å²) < 4.78 is 33.4. The zero-order valence-electron chi connectivity index (χ0n) is 12.5. The Morgan fingerprint density at radius 3 is 2.92 bits per heavy atom. The summed E-state index contributed by atoms with van der Waals surface area (Å²) in [5.74, 6) is 0.900. The van der Waals surface area contributed by atoms with Crippen LogP contribution in [-0.2, 0) is 23.0 Å². The van der Waals surface area contributed by atoms with Gasteiger partial charge in [0.1, 0.15) is 6.26 Å². The van der Waals surface area contributed by atoms with Crippen LogP contribution in [0.1, 0.15) is 11.5 Å². The standard InChI is InChI=1S/C15H14N4O4S/c16-24(20,21)12-2-1-10-3-5-19(13(10)7-12)8-14-17-15(18-23-14)11-4-6-22-9-11/h1-2,4,6-7,9H,3,5,8H2,(H2,16,20,21). The van der Waals surface area contributed by atoms with Crippen molar-refractivity contribution in [2.45, 2.75) is 17.9 Å². The Morgan fingerprint density at radius 2 is 2.17 bits per heavy atom. The second kappa shape index (κ2) is 5.46. The van der Waals surface area contributed by atoms with Gasteiger partial charge in [-0.1, -0.05) is 11.2 Å². The average molecular weight is 346 g/mol. The zero-order chi connectivity index (χ0) is 16.7. The summed E-state index contributed by atoms with van der Waals surface area (Å²) in [5, 5.41) is 9.14. The van der Waals surface area contributed by atoms with E-state index in [0.717, 1.165) is 29.8 Å². The van der Waals surface area contributed by atoms with Gasteiger partial charge in [0.05, 0.1) is 23.3 Å². The number of furan rings is 1. The number of rotatable bonds is 4. The Kier molecular flexibility index (Phi) is 3.39. The number of nitrogens with two attached hydrogens (primary N) is 1. The molecule has 2 aromatic heterocycles. The maximum absolute atomic E-state index is 11.5. The Bertz CT molecular complexity index is 979. The van der Waals surface area contributed by atoms with Crippen molar-refractivity contribution in [3.05, 3.63) is 48.2 Å². The molecule has 0 spiro atoms. The molecule has 0 bridgehead atoms. The van der Waals surface area contributed by atoms with E-state index >= 15 is 0 Å². The van der Waals surface area contributed by atoms with Gasteiger partial charge in [-0.3, -0.25) is 0 Å². The van der Waals surface area contributed by atoms with Crippen LogP contribution in [0.3, 0.4) is 0 Å². The maximum Gasteiger partial charge on any atom is 0.246 e. The molecule has 0 atom stereocenters. The first-order chi connectivity index (χ1) is 11.5. The summed E-state index contributed by atoms with van der Waals surface area (Å²) in [5.41, 5.74) is 2.63. The number of hydrogen-bond donors (Lipinski definition) is 1. The highest BCUT2D eigenvalue weighted by atomic mass is 32.2. The number of aromatic nitrogens is 2. The molecular weight excluding hydrogens is 332 g/mol. The smallest absolute Gasteiger partial charge is 0.246 e. The molecule has 2 N–H and O–H groups in total. The van der Waals surface area contributed by atoms with Crippen LogP contribution in [0.5, 0.6) is 0 Å². The van der Waals surface area contributed by atoms with E-state index in [1.54, 1.807) is 18.2 Å². The van der Waals surface area contributed by atoms with Crippen molar-refractivity contribution in [1.29, 1.82) is 0 Å². The molecule has 0 saturated carbocycles. The average Bonchev–Trinajstić information content (AvgIpc) is 3.26. The van der Waals surface area contributed by atoms with Crippen LogP contribution >= 0.6 is 0 Å². The van der Waals surface area contributed by atoms with Crippen LogP contribution in [0.4, 0.5) is 5.69 Å². The predicted octanol–water partition coefficient (Wildman–Crippen LogP) is 1.54. The van der Waals surface area contributed by atoms with Crippen molar-refractivity contribution in [2.24, 2.45) is 5.14 Å². The quantitative estimate of drug-likeness (QED) is 0.761. The number of benzene rings is 1. The molecule has 0 unspecified atom stereocenters. The van der Waals surface area contributed by atoms with E-state index in [9.17, 15) is 8.42 Å². The molecule has 0 saturated heterocycles. The second-order valence-corrected chi connectivity index (χ2v) is 7.09. The summed E-state index contributed by atoms with van der Waals surface area (Å²) >= 11 is 0. The van der Waals surface area contributed by atoms with Gasteiger partial charge in [0, 0.05) is 12.2 Å². The van der Waals surface area contributed by atoms with Gasteiger partial charge in [-0.05, 0) is 30.2 Å². The van der Waals surface area contributed by atoms with Gasteiger partial charge in [0.2, 0.25) is 21.7 Å². The van der Waals surface area contributed by atoms with Gasteiger partial charge in [-0.25, -0.2) is 13.6 Å². The lowest BCUT2D eigenvalue weighted by Crippen LogP contribution is -2.20. The highest BCUT2D eigenvalue weighted by Gasteiger charge is 2.23. The van der Waals surface area contributed by atoms with Crippen LogP contribution in [0.2, 0.25) is 0 Å². The third kappa shape index (κ3) is 2.68. The summed E-state index contributed by atoms with van der Waals surface area (Å²) in [6.45, 7) is 1.14. The molecule has 0 radical (unpaired) electrons. The molecule has 0 amide bonds. The first kappa shape index (κ1) is 14.9. The van der Waals surface area contributed by atoms with Crippen LogP contribution in [-0.4, -0.2) is 25.1 Å². The Labute approximate surface area is 137 Å². The molecule has 4 rings (SSSR count). The highest BCUT2D eigenvalue weighted by Crippen LogP contribution is 2.31. The molecule has 1 aliphatic rings. The molecule has 0 aliphatic carbocycles. The number of hydrogen-bond acceptors (Lipinski definition) is 7. The van der Waals surface area contributed by atoms with E-state index in [2.05, 4.69) is 10.1 Å². The SMILES string of the molecule is NS(=O)(=O)c1ccc2c(c1)N(Cc1nc(-c3ccoc3)no1)CC2. The fourth-order valence-corrected chi connectivity index (χ4v) is 3.29. The number of fused-ring (bicyclic) bond motifs is 1. The van der Waals surface area contributed by atoms with Gasteiger partial charge in [-0.2, -0.15) is 4.98 Å². The monoisotopic (exact) mass is 346 g/mol. The van der Waals surface area contributed by atoms with E-state index in [1.807, 2.05) is 4.90 Å². The first-order valence-corrected chi connectivity index (χ1v) is 8.81. The fourth-order valence-electron chi connectivity index (χ4n) is 2.76. The number of sulfonamides is 1. The van der Waals surface area contributed by atoms with Gasteiger partial charge >= 0.3 is 0 Å². The van der Waals surface area contributed by atoms with Crippen molar-refractivity contribution >= 4 is 15.7 Å². The van der Waals surface area contributed by atoms with Crippen molar-refractivity contribution < 1.29 is 17.4 Å². The van der Waals surface area contributed by atoms with Gasteiger partial charge in [0.15, 0.2) is 0 Å². The Morgan fingerprint density at radius 1 is 1.29 bits per heavy atom. The number of primary sulfonamides is 1. The molecule has 8 nitrogen and oxygen atoms in total. The van der Waals surface area contributed by atoms with E-state index in [4.69, 9.17) is 14.1 Å². The third-order valence-electron chi connectivity index (χ3n) is 3.95. The molecule has 1 aliphatic heterocycles. The predicted molar refractivity (Wildman–Crippen MR) is 84.6 cm³/mol. The minimum absolute atomic E-state index is 0.0952. The molecule has 24 heavy (non-hydrogen) atoms. The van der Waals surface area contributed by atoms with E-state index in [1.165, 1.54) is 18.6 Å². The van der Waals surface area contributed by atoms with Gasteiger partial charge in [0.25, 0.3) is 0 Å². The summed E-state index contributed by atoms with van der Waals surface area (Å²) in [7, 11) is -3.73. The van der Waals surface area contributed by atoms with Crippen molar-refractivity contribution in [1.82, 2.24) is 10.1 Å². The van der Waals surface area contributed by atoms with Gasteiger partial charge in [-0.15, -0.1) is 0 Å². The van der Waals surface area contributed by atoms with Crippen molar-refractivity contribution in [2.75, 3.05) is 11.4 Å². The molecular formula is C15H14N4O4S. The van der Waals surface area contributed by atoms with Crippen molar-refractivity contribution in [3.8, 4) is 11.4 Å². The molecule has 124 valence electrons. The number of anilines is 1. The van der Waals surface area contributed by atoms with Crippen LogP contribution in [0.25, 0.3) is 11.4 Å². The van der Waals surface area contributed by atoms with E-state index in [0.29, 0.717) is 18.3 Å². The van der Waals surface area contributed by atoms with Crippen LogP contribution < -0.4 is 10.0 Å². The lowest BCUT2D eigenvalue weighted by atomic mass is 10.2. The largest absolute Gasteiger partial charge is 0.472 e. The summed E-state index contributed by atoms with van der Waals surface area (Å²) in [6, 6.07) is 6.66. The third-order valence-corrected chi connectivity index (χ3v) is 4.86. The highest BCUT2D eigenvalue weighted by molar-refractivity contribution is 7.89. The molecule has 3 heterocycles. The fraction of sp³-hybridized carbons (Fsp3) is 0.200. The lowest BCUT2D eigenvalue weighted by molar-refractivity contribution is 0.377. The van der Waals surface area contributed by atoms with Crippen molar-refractivity contribution in [3.63, 3.8) is 0 Å². The Balaban J connectivity index is 1.60. The summed E-state index contributed by atoms with van der Waals surface area (Å²) in [4.78, 5) is 6.43. The Hall–Kier alpha value is -2.65. The second-order valence-electron chi connectivity index (χ2n) is 5.53. The molecule has 1 aromatic carbocycles. The van der Waals surface area contributed by atoms with E-state index in [-0.39, 0.29) is 4.90 Å². The first-order valence-electron chi connectivity index (χ1n) is 7.26. The lowest BCUT2D eigenvalue weighted by Gasteiger charge is -2.17. The number of nitrogens with zero attached hydrogens (tertiary/aromatic N) is 3. The van der Waals surface area contributed by atoms with Gasteiger partial charge < -0.3 is 13.8 Å². The maximum atomic E-state index is 11.5. The molecule has 0 fully saturated rings. The van der Waals surface area contributed by atoms with Crippen LogP contribution in [0, 0.1) is 0 Å². The zero-order valence-corrected chi connectivity index (χ0v) is 13.4. The molecule has 3 aromatic rings.